The van der Waals surface area contributed by atoms with Crippen LogP contribution in [0.2, 0.25) is 0 Å². The summed E-state index contributed by atoms with van der Waals surface area (Å²) in [5.74, 6) is 0.0565. The summed E-state index contributed by atoms with van der Waals surface area (Å²) < 4.78 is 16.0. The molecule has 3 heterocycles. The number of halogens is 1. The Morgan fingerprint density at radius 2 is 1.93 bits per heavy atom. The van der Waals surface area contributed by atoms with Crippen molar-refractivity contribution in [2.45, 2.75) is 0 Å². The quantitative estimate of drug-likeness (QED) is 0.593. The standard InChI is InChI=1S/C17H13FN8O/c1-25-14(6-13(24-25)11-2-4-12(18)5-3-11)17(27)23-15-7-16(21-9-20-15)26-10-19-8-22-26/h2-10H,1H3,(H,20,21,23,27). The van der Waals surface area contributed by atoms with Crippen LogP contribution < -0.4 is 5.32 Å². The van der Waals surface area contributed by atoms with E-state index in [9.17, 15) is 9.18 Å². The molecule has 0 bridgehead atoms. The van der Waals surface area contributed by atoms with Gasteiger partial charge in [-0.3, -0.25) is 9.48 Å². The summed E-state index contributed by atoms with van der Waals surface area (Å²) in [5.41, 5.74) is 1.60. The third-order valence-corrected chi connectivity index (χ3v) is 3.80. The van der Waals surface area contributed by atoms with Crippen molar-refractivity contribution in [2.24, 2.45) is 7.05 Å². The maximum absolute atomic E-state index is 13.1. The lowest BCUT2D eigenvalue weighted by Crippen LogP contribution is -2.17. The van der Waals surface area contributed by atoms with Gasteiger partial charge < -0.3 is 5.32 Å². The first-order valence-corrected chi connectivity index (χ1v) is 7.88. The molecule has 3 aromatic heterocycles. The van der Waals surface area contributed by atoms with Crippen molar-refractivity contribution in [3.05, 3.63) is 66.9 Å². The van der Waals surface area contributed by atoms with Crippen LogP contribution >= 0.6 is 0 Å². The van der Waals surface area contributed by atoms with Crippen molar-refractivity contribution < 1.29 is 9.18 Å². The minimum absolute atomic E-state index is 0.310. The highest BCUT2D eigenvalue weighted by molar-refractivity contribution is 6.03. The number of aryl methyl sites for hydroxylation is 1. The fourth-order valence-electron chi connectivity index (χ4n) is 2.49. The van der Waals surface area contributed by atoms with E-state index < -0.39 is 0 Å². The van der Waals surface area contributed by atoms with Gasteiger partial charge in [0.2, 0.25) is 0 Å². The zero-order chi connectivity index (χ0) is 18.8. The monoisotopic (exact) mass is 364 g/mol. The lowest BCUT2D eigenvalue weighted by molar-refractivity contribution is 0.101. The van der Waals surface area contributed by atoms with Gasteiger partial charge in [0.1, 0.15) is 36.3 Å². The molecule has 27 heavy (non-hydrogen) atoms. The molecule has 0 unspecified atom stereocenters. The highest BCUT2D eigenvalue weighted by Crippen LogP contribution is 2.20. The van der Waals surface area contributed by atoms with Gasteiger partial charge in [0.05, 0.1) is 5.69 Å². The van der Waals surface area contributed by atoms with Crippen LogP contribution in [0.4, 0.5) is 10.2 Å². The lowest BCUT2D eigenvalue weighted by atomic mass is 10.1. The number of amides is 1. The Kier molecular flexibility index (Phi) is 4.13. The van der Waals surface area contributed by atoms with E-state index in [0.717, 1.165) is 0 Å². The van der Waals surface area contributed by atoms with Gasteiger partial charge in [-0.15, -0.1) is 0 Å². The molecule has 0 aliphatic rings. The Bertz CT molecular complexity index is 1090. The zero-order valence-electron chi connectivity index (χ0n) is 14.1. The molecule has 4 rings (SSSR count). The summed E-state index contributed by atoms with van der Waals surface area (Å²) in [7, 11) is 1.66. The Labute approximate surface area is 152 Å². The van der Waals surface area contributed by atoms with E-state index in [0.29, 0.717) is 28.6 Å². The van der Waals surface area contributed by atoms with Crippen molar-refractivity contribution in [3.8, 4) is 17.1 Å². The molecule has 0 saturated heterocycles. The number of nitrogens with zero attached hydrogens (tertiary/aromatic N) is 7. The molecule has 0 spiro atoms. The van der Waals surface area contributed by atoms with Crippen molar-refractivity contribution in [3.63, 3.8) is 0 Å². The molecular weight excluding hydrogens is 351 g/mol. The first-order valence-electron chi connectivity index (χ1n) is 7.88. The summed E-state index contributed by atoms with van der Waals surface area (Å²) in [5, 5.41) is 11.0. The van der Waals surface area contributed by atoms with Crippen molar-refractivity contribution in [1.82, 2.24) is 34.5 Å². The third kappa shape index (κ3) is 3.40. The van der Waals surface area contributed by atoms with Gasteiger partial charge in [-0.05, 0) is 30.3 Å². The van der Waals surface area contributed by atoms with E-state index >= 15 is 0 Å². The number of hydrogen-bond donors (Lipinski definition) is 1. The molecule has 0 radical (unpaired) electrons. The predicted octanol–water partition coefficient (Wildman–Crippen LogP) is 1.85. The number of benzene rings is 1. The maximum atomic E-state index is 13.1. The van der Waals surface area contributed by atoms with Crippen LogP contribution in [0.3, 0.4) is 0 Å². The van der Waals surface area contributed by atoms with Crippen LogP contribution in [0.25, 0.3) is 17.1 Å². The molecule has 9 nitrogen and oxygen atoms in total. The van der Waals surface area contributed by atoms with Gasteiger partial charge >= 0.3 is 0 Å². The average Bonchev–Trinajstić information content (AvgIpc) is 3.32. The molecule has 4 aromatic rings. The van der Waals surface area contributed by atoms with Crippen molar-refractivity contribution in [2.75, 3.05) is 5.32 Å². The summed E-state index contributed by atoms with van der Waals surface area (Å²) in [6, 6.07) is 9.10. The maximum Gasteiger partial charge on any atom is 0.275 e. The first kappa shape index (κ1) is 16.5. The number of carbonyl (C=O) groups is 1. The third-order valence-electron chi connectivity index (χ3n) is 3.80. The van der Waals surface area contributed by atoms with Crippen LogP contribution in [0.1, 0.15) is 10.5 Å². The summed E-state index contributed by atoms with van der Waals surface area (Å²) >= 11 is 0. The second kappa shape index (κ2) is 6.75. The van der Waals surface area contributed by atoms with Gasteiger partial charge in [-0.1, -0.05) is 0 Å². The van der Waals surface area contributed by atoms with E-state index in [4.69, 9.17) is 0 Å². The van der Waals surface area contributed by atoms with Crippen LogP contribution in [-0.4, -0.2) is 40.4 Å². The van der Waals surface area contributed by atoms with Crippen LogP contribution in [-0.2, 0) is 7.05 Å². The smallest absolute Gasteiger partial charge is 0.275 e. The van der Waals surface area contributed by atoms with Crippen LogP contribution in [0.15, 0.2) is 55.4 Å². The molecule has 1 aromatic carbocycles. The number of rotatable bonds is 4. The highest BCUT2D eigenvalue weighted by Gasteiger charge is 2.15. The number of anilines is 1. The summed E-state index contributed by atoms with van der Waals surface area (Å²) in [6.07, 6.45) is 4.19. The number of hydrogen-bond acceptors (Lipinski definition) is 6. The minimum atomic E-state index is -0.387. The number of nitrogens with one attached hydrogen (secondary N) is 1. The molecule has 10 heteroatoms. The number of aromatic nitrogens is 7. The Hall–Kier alpha value is -3.95. The van der Waals surface area contributed by atoms with Gasteiger partial charge in [-0.2, -0.15) is 10.2 Å². The first-order chi connectivity index (χ1) is 13.1. The molecular formula is C17H13FN8O. The van der Waals surface area contributed by atoms with E-state index in [1.165, 1.54) is 40.5 Å². The second-order valence-corrected chi connectivity index (χ2v) is 5.60. The molecule has 0 saturated carbocycles. The van der Waals surface area contributed by atoms with Gasteiger partial charge in [-0.25, -0.2) is 24.0 Å². The van der Waals surface area contributed by atoms with Crippen molar-refractivity contribution in [1.29, 1.82) is 0 Å². The van der Waals surface area contributed by atoms with E-state index in [1.54, 1.807) is 31.3 Å². The Balaban J connectivity index is 1.57. The molecule has 1 N–H and O–H groups in total. The SMILES string of the molecule is Cn1nc(-c2ccc(F)cc2)cc1C(=O)Nc1cc(-n2cncn2)ncn1. The molecule has 1 amide bonds. The molecule has 134 valence electrons. The molecule has 0 aliphatic heterocycles. The molecule has 0 fully saturated rings. The Morgan fingerprint density at radius 1 is 1.11 bits per heavy atom. The van der Waals surface area contributed by atoms with Gasteiger partial charge in [0.25, 0.3) is 5.91 Å². The predicted molar refractivity (Wildman–Crippen MR) is 93.5 cm³/mol. The van der Waals surface area contributed by atoms with E-state index in [-0.39, 0.29) is 11.7 Å². The highest BCUT2D eigenvalue weighted by atomic mass is 19.1. The normalized spacial score (nSPS) is 10.7. The van der Waals surface area contributed by atoms with Crippen molar-refractivity contribution >= 4 is 11.7 Å². The number of carbonyl (C=O) groups excluding carboxylic acids is 1. The lowest BCUT2D eigenvalue weighted by Gasteiger charge is -2.05. The minimum Gasteiger partial charge on any atom is -0.305 e. The van der Waals surface area contributed by atoms with Gasteiger partial charge in [0, 0.05) is 18.7 Å². The largest absolute Gasteiger partial charge is 0.305 e. The topological polar surface area (TPSA) is 103 Å². The van der Waals surface area contributed by atoms with Crippen LogP contribution in [0.5, 0.6) is 0 Å². The second-order valence-electron chi connectivity index (χ2n) is 5.60. The molecule has 0 aliphatic carbocycles. The van der Waals surface area contributed by atoms with Crippen LogP contribution in [0, 0.1) is 5.82 Å². The molecule has 0 atom stereocenters. The summed E-state index contributed by atoms with van der Waals surface area (Å²) in [6.45, 7) is 0. The van der Waals surface area contributed by atoms with Gasteiger partial charge in [0.15, 0.2) is 5.82 Å². The fourth-order valence-corrected chi connectivity index (χ4v) is 2.49. The zero-order valence-corrected chi connectivity index (χ0v) is 14.1. The summed E-state index contributed by atoms with van der Waals surface area (Å²) in [4.78, 5) is 24.6. The van der Waals surface area contributed by atoms with E-state index in [2.05, 4.69) is 30.5 Å². The average molecular weight is 364 g/mol. The Morgan fingerprint density at radius 3 is 2.67 bits per heavy atom. The van der Waals surface area contributed by atoms with E-state index in [1.807, 2.05) is 0 Å². The fraction of sp³-hybridized carbons (Fsp3) is 0.0588.